The number of hydrogen-bond acceptors (Lipinski definition) is 1. The van der Waals surface area contributed by atoms with Crippen molar-refractivity contribution < 1.29 is 4.79 Å². The molecule has 0 heterocycles. The van der Waals surface area contributed by atoms with E-state index in [-0.39, 0.29) is 5.24 Å². The first-order valence-corrected chi connectivity index (χ1v) is 8.59. The topological polar surface area (TPSA) is 29.1 Å². The lowest BCUT2D eigenvalue weighted by atomic mass is 9.98. The Balaban J connectivity index is 2.11. The molecule has 0 spiro atoms. The van der Waals surface area contributed by atoms with Crippen LogP contribution in [0.2, 0.25) is 0 Å². The predicted octanol–water partition coefficient (Wildman–Crippen LogP) is 4.66. The largest absolute Gasteiger partial charge is 0.344 e. The van der Waals surface area contributed by atoms with E-state index < -0.39 is 0 Å². The Labute approximate surface area is 136 Å². The van der Waals surface area contributed by atoms with Crippen molar-refractivity contribution in [1.29, 1.82) is 0 Å². The standard InChI is InChI=1S/C19H23NOS/c1-14(2)11-15-7-9-17(10-8-15)18-6-4-5-16(12-18)13-20-19(21)22-3/h4-10,12,14,22H,3,11,13H2,1-2H3,(H,20,21). The highest BCUT2D eigenvalue weighted by molar-refractivity contribution is 8.10. The molecule has 0 aliphatic rings. The van der Waals surface area contributed by atoms with Gasteiger partial charge in [-0.05, 0) is 40.7 Å². The van der Waals surface area contributed by atoms with Gasteiger partial charge in [-0.3, -0.25) is 4.79 Å². The first kappa shape index (κ1) is 16.5. The fourth-order valence-electron chi connectivity index (χ4n) is 2.40. The number of amides is 1. The molecule has 2 rings (SSSR count). The number of benzene rings is 2. The van der Waals surface area contributed by atoms with Gasteiger partial charge in [-0.1, -0.05) is 62.2 Å². The summed E-state index contributed by atoms with van der Waals surface area (Å²) in [7, 11) is 0. The molecule has 0 unspecified atom stereocenters. The van der Waals surface area contributed by atoms with Crippen LogP contribution in [0.1, 0.15) is 25.0 Å². The Morgan fingerprint density at radius 1 is 1.09 bits per heavy atom. The number of carbonyl (C=O) groups is 1. The third-order valence-corrected chi connectivity index (χ3v) is 3.89. The van der Waals surface area contributed by atoms with Crippen LogP contribution >= 0.6 is 11.4 Å². The summed E-state index contributed by atoms with van der Waals surface area (Å²) in [6.45, 7) is 5.01. The summed E-state index contributed by atoms with van der Waals surface area (Å²) in [5.41, 5.74) is 4.85. The van der Waals surface area contributed by atoms with Crippen LogP contribution < -0.4 is 5.32 Å². The van der Waals surface area contributed by atoms with E-state index in [1.807, 2.05) is 12.1 Å². The molecule has 0 aliphatic carbocycles. The maximum atomic E-state index is 11.3. The predicted molar refractivity (Wildman–Crippen MR) is 98.8 cm³/mol. The van der Waals surface area contributed by atoms with Crippen molar-refractivity contribution in [3.05, 3.63) is 59.7 Å². The molecule has 0 bridgehead atoms. The maximum absolute atomic E-state index is 11.3. The Morgan fingerprint density at radius 2 is 1.82 bits per heavy atom. The van der Waals surface area contributed by atoms with Gasteiger partial charge < -0.3 is 5.32 Å². The molecule has 116 valence electrons. The summed E-state index contributed by atoms with van der Waals surface area (Å²) >= 11 is 0.500. The Hall–Kier alpha value is -1.87. The monoisotopic (exact) mass is 313 g/mol. The van der Waals surface area contributed by atoms with Crippen LogP contribution in [-0.4, -0.2) is 11.1 Å². The van der Waals surface area contributed by atoms with E-state index in [1.165, 1.54) is 16.7 Å². The van der Waals surface area contributed by atoms with E-state index in [0.29, 0.717) is 23.8 Å². The van der Waals surface area contributed by atoms with Gasteiger partial charge in [0.05, 0.1) is 0 Å². The molecule has 22 heavy (non-hydrogen) atoms. The fourth-order valence-corrected chi connectivity index (χ4v) is 2.59. The molecule has 0 radical (unpaired) electrons. The molecule has 1 N–H and O–H groups in total. The maximum Gasteiger partial charge on any atom is 0.270 e. The molecule has 0 atom stereocenters. The third kappa shape index (κ3) is 4.85. The zero-order chi connectivity index (χ0) is 15.9. The smallest absolute Gasteiger partial charge is 0.270 e. The van der Waals surface area contributed by atoms with Crippen LogP contribution in [0.25, 0.3) is 11.1 Å². The van der Waals surface area contributed by atoms with Crippen molar-refractivity contribution >= 4 is 22.5 Å². The number of hydrogen-bond donors (Lipinski definition) is 2. The number of rotatable bonds is 5. The molecule has 0 fully saturated rings. The van der Waals surface area contributed by atoms with Crippen LogP contribution in [0.3, 0.4) is 0 Å². The van der Waals surface area contributed by atoms with Crippen LogP contribution in [0.5, 0.6) is 0 Å². The van der Waals surface area contributed by atoms with Crippen molar-refractivity contribution in [3.63, 3.8) is 0 Å². The zero-order valence-corrected chi connectivity index (χ0v) is 14.1. The average Bonchev–Trinajstić information content (AvgIpc) is 2.53. The zero-order valence-electron chi connectivity index (χ0n) is 13.2. The minimum Gasteiger partial charge on any atom is -0.344 e. The summed E-state index contributed by atoms with van der Waals surface area (Å²) in [5.74, 6) is 4.22. The molecule has 1 amide bonds. The highest BCUT2D eigenvalue weighted by Crippen LogP contribution is 2.22. The van der Waals surface area contributed by atoms with Crippen LogP contribution in [-0.2, 0) is 13.0 Å². The van der Waals surface area contributed by atoms with Crippen molar-refractivity contribution in [3.8, 4) is 11.1 Å². The lowest BCUT2D eigenvalue weighted by Crippen LogP contribution is -2.16. The molecular weight excluding hydrogens is 290 g/mol. The molecule has 0 saturated carbocycles. The minimum absolute atomic E-state index is 0.0524. The number of nitrogens with one attached hydrogen (secondary N) is 1. The summed E-state index contributed by atoms with van der Waals surface area (Å²) in [6.07, 6.45) is 1.11. The lowest BCUT2D eigenvalue weighted by molar-refractivity contribution is 0.260. The van der Waals surface area contributed by atoms with Gasteiger partial charge in [-0.25, -0.2) is 0 Å². The fraction of sp³-hybridized carbons (Fsp3) is 0.263. The quantitative estimate of drug-likeness (QED) is 0.610. The van der Waals surface area contributed by atoms with Gasteiger partial charge in [0.1, 0.15) is 0 Å². The summed E-state index contributed by atoms with van der Waals surface area (Å²) in [4.78, 5) is 11.3. The van der Waals surface area contributed by atoms with Gasteiger partial charge in [-0.2, -0.15) is 0 Å². The summed E-state index contributed by atoms with van der Waals surface area (Å²) in [5, 5.41) is 2.79. The van der Waals surface area contributed by atoms with E-state index >= 15 is 0 Å². The second-order valence-electron chi connectivity index (χ2n) is 5.81. The number of thiol groups is 1. The Kier molecular flexibility index (Phi) is 5.96. The van der Waals surface area contributed by atoms with E-state index in [2.05, 4.69) is 61.4 Å². The molecule has 2 nitrogen and oxygen atoms in total. The normalized spacial score (nSPS) is 10.7. The van der Waals surface area contributed by atoms with Gasteiger partial charge in [-0.15, -0.1) is 11.4 Å². The minimum atomic E-state index is -0.0524. The van der Waals surface area contributed by atoms with E-state index in [0.717, 1.165) is 12.0 Å². The van der Waals surface area contributed by atoms with E-state index in [4.69, 9.17) is 0 Å². The summed E-state index contributed by atoms with van der Waals surface area (Å²) < 4.78 is 0. The van der Waals surface area contributed by atoms with Crippen LogP contribution in [0, 0.1) is 5.92 Å². The average molecular weight is 313 g/mol. The Bertz CT molecular complexity index is 647. The van der Waals surface area contributed by atoms with Crippen molar-refractivity contribution in [1.82, 2.24) is 5.32 Å². The third-order valence-electron chi connectivity index (χ3n) is 3.45. The van der Waals surface area contributed by atoms with Gasteiger partial charge in [0, 0.05) is 6.54 Å². The second kappa shape index (κ2) is 7.95. The first-order valence-electron chi connectivity index (χ1n) is 7.51. The van der Waals surface area contributed by atoms with Crippen molar-refractivity contribution in [2.45, 2.75) is 26.8 Å². The molecular formula is C19H23NOS. The highest BCUT2D eigenvalue weighted by atomic mass is 32.1. The van der Waals surface area contributed by atoms with Gasteiger partial charge >= 0.3 is 0 Å². The molecule has 0 aliphatic heterocycles. The van der Waals surface area contributed by atoms with E-state index in [9.17, 15) is 4.79 Å². The second-order valence-corrected chi connectivity index (χ2v) is 6.53. The van der Waals surface area contributed by atoms with Crippen LogP contribution in [0.4, 0.5) is 4.79 Å². The number of carbonyl (C=O) groups excluding carboxylic acids is 1. The lowest BCUT2D eigenvalue weighted by Gasteiger charge is -2.08. The molecule has 0 aromatic heterocycles. The molecule has 3 heteroatoms. The van der Waals surface area contributed by atoms with Crippen molar-refractivity contribution in [2.75, 3.05) is 0 Å². The SMILES string of the molecule is C=[SH]C(=O)NCc1cccc(-c2ccc(CC(C)C)cc2)c1. The van der Waals surface area contributed by atoms with Gasteiger partial charge in [0.2, 0.25) is 0 Å². The molecule has 0 saturated heterocycles. The first-order chi connectivity index (χ1) is 10.6. The molecule has 2 aromatic carbocycles. The highest BCUT2D eigenvalue weighted by Gasteiger charge is 2.02. The summed E-state index contributed by atoms with van der Waals surface area (Å²) in [6, 6.07) is 17.0. The Morgan fingerprint density at radius 3 is 2.45 bits per heavy atom. The van der Waals surface area contributed by atoms with E-state index in [1.54, 1.807) is 0 Å². The van der Waals surface area contributed by atoms with Gasteiger partial charge in [0.25, 0.3) is 5.24 Å². The molecule has 2 aromatic rings. The van der Waals surface area contributed by atoms with Crippen LogP contribution in [0.15, 0.2) is 48.5 Å². The van der Waals surface area contributed by atoms with Crippen molar-refractivity contribution in [2.24, 2.45) is 5.92 Å². The van der Waals surface area contributed by atoms with Gasteiger partial charge in [0.15, 0.2) is 0 Å².